The maximum atomic E-state index is 10.5. The Bertz CT molecular complexity index is 859. The summed E-state index contributed by atoms with van der Waals surface area (Å²) in [5.41, 5.74) is 5.91. The average Bonchev–Trinajstić information content (AvgIpc) is 3.63. The SMILES string of the molecule is CCCCc1ccc(Cc2cc([C@@H]3O[C@H](CO)[C@@H](O)[C@H](O)[C@H]3O)ccc2C2CC2)cc1. The summed E-state index contributed by atoms with van der Waals surface area (Å²) >= 11 is 0. The molecule has 168 valence electrons. The Balaban J connectivity index is 1.58. The van der Waals surface area contributed by atoms with Crippen LogP contribution in [0.15, 0.2) is 42.5 Å². The first-order valence-corrected chi connectivity index (χ1v) is 11.5. The van der Waals surface area contributed by atoms with Crippen molar-refractivity contribution in [2.75, 3.05) is 6.61 Å². The monoisotopic (exact) mass is 426 g/mol. The van der Waals surface area contributed by atoms with Crippen molar-refractivity contribution in [3.8, 4) is 0 Å². The fourth-order valence-corrected chi connectivity index (χ4v) is 4.55. The van der Waals surface area contributed by atoms with Crippen molar-refractivity contribution in [3.63, 3.8) is 0 Å². The van der Waals surface area contributed by atoms with Crippen LogP contribution in [0.3, 0.4) is 0 Å². The van der Waals surface area contributed by atoms with E-state index in [0.717, 1.165) is 18.4 Å². The van der Waals surface area contributed by atoms with Gasteiger partial charge < -0.3 is 25.2 Å². The molecule has 1 aliphatic carbocycles. The van der Waals surface area contributed by atoms with E-state index in [2.05, 4.69) is 43.3 Å². The van der Waals surface area contributed by atoms with Gasteiger partial charge in [0.1, 0.15) is 30.5 Å². The highest BCUT2D eigenvalue weighted by atomic mass is 16.5. The third kappa shape index (κ3) is 5.02. The number of rotatable bonds is 8. The van der Waals surface area contributed by atoms with Gasteiger partial charge in [0.15, 0.2) is 0 Å². The van der Waals surface area contributed by atoms with Crippen LogP contribution in [0.4, 0.5) is 0 Å². The first kappa shape index (κ1) is 22.4. The topological polar surface area (TPSA) is 90.2 Å². The molecule has 1 aliphatic heterocycles. The number of aliphatic hydroxyl groups excluding tert-OH is 4. The molecule has 0 radical (unpaired) electrons. The van der Waals surface area contributed by atoms with Crippen molar-refractivity contribution in [2.24, 2.45) is 0 Å². The molecule has 2 aliphatic rings. The smallest absolute Gasteiger partial charge is 0.113 e. The van der Waals surface area contributed by atoms with Gasteiger partial charge in [-0.25, -0.2) is 0 Å². The van der Waals surface area contributed by atoms with Gasteiger partial charge in [0, 0.05) is 0 Å². The molecule has 1 saturated carbocycles. The van der Waals surface area contributed by atoms with Gasteiger partial charge in [-0.1, -0.05) is 55.8 Å². The second kappa shape index (κ2) is 9.80. The lowest BCUT2D eigenvalue weighted by molar-refractivity contribution is -0.231. The molecule has 2 aromatic carbocycles. The van der Waals surface area contributed by atoms with Gasteiger partial charge in [-0.15, -0.1) is 0 Å². The van der Waals surface area contributed by atoms with Crippen molar-refractivity contribution in [1.29, 1.82) is 0 Å². The molecular formula is C26H34O5. The third-order valence-corrected chi connectivity index (χ3v) is 6.64. The number of benzene rings is 2. The molecule has 31 heavy (non-hydrogen) atoms. The van der Waals surface area contributed by atoms with E-state index >= 15 is 0 Å². The average molecular weight is 427 g/mol. The van der Waals surface area contributed by atoms with Crippen LogP contribution in [0.5, 0.6) is 0 Å². The molecule has 0 bridgehead atoms. The van der Waals surface area contributed by atoms with Crippen molar-refractivity contribution in [2.45, 2.75) is 81.9 Å². The molecule has 1 saturated heterocycles. The molecule has 1 heterocycles. The van der Waals surface area contributed by atoms with E-state index in [0.29, 0.717) is 5.92 Å². The molecule has 2 aromatic rings. The Morgan fingerprint density at radius 3 is 2.26 bits per heavy atom. The predicted molar refractivity (Wildman–Crippen MR) is 119 cm³/mol. The van der Waals surface area contributed by atoms with Crippen molar-refractivity contribution in [3.05, 3.63) is 70.3 Å². The zero-order valence-corrected chi connectivity index (χ0v) is 18.2. The van der Waals surface area contributed by atoms with E-state index in [4.69, 9.17) is 4.74 Å². The molecule has 2 fully saturated rings. The standard InChI is InChI=1S/C26H34O5/c1-2-3-4-16-5-7-17(8-6-16)13-20-14-19(11-12-21(20)18-9-10-18)26-25(30)24(29)23(28)22(15-27)31-26/h5-8,11-12,14,18,22-30H,2-4,9-10,13,15H2,1H3/t22-,23-,24+,25-,26+/m1/s1. The van der Waals surface area contributed by atoms with Gasteiger partial charge in [0.05, 0.1) is 6.61 Å². The zero-order chi connectivity index (χ0) is 22.0. The lowest BCUT2D eigenvalue weighted by atomic mass is 9.88. The summed E-state index contributed by atoms with van der Waals surface area (Å²) in [4.78, 5) is 0. The summed E-state index contributed by atoms with van der Waals surface area (Å²) in [7, 11) is 0. The minimum absolute atomic E-state index is 0.418. The van der Waals surface area contributed by atoms with Gasteiger partial charge in [0.25, 0.3) is 0 Å². The van der Waals surface area contributed by atoms with Crippen molar-refractivity contribution in [1.82, 2.24) is 0 Å². The van der Waals surface area contributed by atoms with Crippen molar-refractivity contribution < 1.29 is 25.2 Å². The number of ether oxygens (including phenoxy) is 1. The second-order valence-electron chi connectivity index (χ2n) is 9.08. The molecule has 5 atom stereocenters. The number of aliphatic hydroxyl groups is 4. The highest BCUT2D eigenvalue weighted by molar-refractivity contribution is 5.41. The summed E-state index contributed by atoms with van der Waals surface area (Å²) in [6.07, 6.45) is 1.04. The molecule has 5 heteroatoms. The van der Waals surface area contributed by atoms with Crippen LogP contribution in [-0.4, -0.2) is 51.4 Å². The Hall–Kier alpha value is -1.76. The Morgan fingerprint density at radius 2 is 1.61 bits per heavy atom. The lowest BCUT2D eigenvalue weighted by Gasteiger charge is -2.40. The summed E-state index contributed by atoms with van der Waals surface area (Å²) < 4.78 is 5.78. The van der Waals surface area contributed by atoms with Crippen LogP contribution in [0.1, 0.15) is 72.4 Å². The summed E-state index contributed by atoms with van der Waals surface area (Å²) in [5, 5.41) is 40.3. The quantitative estimate of drug-likeness (QED) is 0.521. The molecule has 0 unspecified atom stereocenters. The largest absolute Gasteiger partial charge is 0.394 e. The van der Waals surface area contributed by atoms with E-state index < -0.39 is 37.1 Å². The molecule has 4 rings (SSSR count). The minimum Gasteiger partial charge on any atom is -0.394 e. The summed E-state index contributed by atoms with van der Waals surface area (Å²) in [6.45, 7) is 1.79. The zero-order valence-electron chi connectivity index (χ0n) is 18.2. The summed E-state index contributed by atoms with van der Waals surface area (Å²) in [6, 6.07) is 14.9. The Morgan fingerprint density at radius 1 is 0.903 bits per heavy atom. The number of hydrogen-bond donors (Lipinski definition) is 4. The van der Waals surface area contributed by atoms with Crippen LogP contribution in [0.25, 0.3) is 0 Å². The second-order valence-corrected chi connectivity index (χ2v) is 9.08. The summed E-state index contributed by atoms with van der Waals surface area (Å²) in [5.74, 6) is 0.586. The van der Waals surface area contributed by atoms with Gasteiger partial charge in [-0.2, -0.15) is 0 Å². The highest BCUT2D eigenvalue weighted by Crippen LogP contribution is 2.43. The van der Waals surface area contributed by atoms with Crippen LogP contribution >= 0.6 is 0 Å². The molecule has 4 N–H and O–H groups in total. The van der Waals surface area contributed by atoms with E-state index in [1.807, 2.05) is 6.07 Å². The Labute approximate surface area is 184 Å². The van der Waals surface area contributed by atoms with Crippen molar-refractivity contribution >= 4 is 0 Å². The predicted octanol–water partition coefficient (Wildman–Crippen LogP) is 3.01. The maximum absolute atomic E-state index is 10.5. The van der Waals surface area contributed by atoms with Crippen LogP contribution in [0.2, 0.25) is 0 Å². The van der Waals surface area contributed by atoms with Gasteiger partial charge >= 0.3 is 0 Å². The molecule has 0 spiro atoms. The minimum atomic E-state index is -1.36. The fraction of sp³-hybridized carbons (Fsp3) is 0.538. The van der Waals surface area contributed by atoms with Gasteiger partial charge in [-0.3, -0.25) is 0 Å². The van der Waals surface area contributed by atoms with Crippen LogP contribution in [-0.2, 0) is 17.6 Å². The normalized spacial score (nSPS) is 28.6. The lowest BCUT2D eigenvalue weighted by Crippen LogP contribution is -2.55. The third-order valence-electron chi connectivity index (χ3n) is 6.64. The first-order valence-electron chi connectivity index (χ1n) is 11.5. The van der Waals surface area contributed by atoms with Gasteiger partial charge in [-0.05, 0) is 65.8 Å². The molecule has 0 amide bonds. The van der Waals surface area contributed by atoms with E-state index in [1.165, 1.54) is 47.9 Å². The number of hydrogen-bond acceptors (Lipinski definition) is 5. The molecular weight excluding hydrogens is 392 g/mol. The van der Waals surface area contributed by atoms with E-state index in [9.17, 15) is 20.4 Å². The number of unbranched alkanes of at least 4 members (excludes halogenated alkanes) is 1. The number of aryl methyl sites for hydroxylation is 1. The highest BCUT2D eigenvalue weighted by Gasteiger charge is 2.44. The maximum Gasteiger partial charge on any atom is 0.113 e. The Kier molecular flexibility index (Phi) is 7.09. The first-order chi connectivity index (χ1) is 15.0. The van der Waals surface area contributed by atoms with Crippen LogP contribution in [0, 0.1) is 0 Å². The molecule has 0 aromatic heterocycles. The molecule has 5 nitrogen and oxygen atoms in total. The fourth-order valence-electron chi connectivity index (χ4n) is 4.55. The van der Waals surface area contributed by atoms with Gasteiger partial charge in [0.2, 0.25) is 0 Å². The van der Waals surface area contributed by atoms with Crippen LogP contribution < -0.4 is 0 Å². The van der Waals surface area contributed by atoms with E-state index in [-0.39, 0.29) is 0 Å². The van der Waals surface area contributed by atoms with E-state index in [1.54, 1.807) is 0 Å².